The molecule has 0 bridgehead atoms. The monoisotopic (exact) mass is 268 g/mol. The van der Waals surface area contributed by atoms with E-state index in [4.69, 9.17) is 0 Å². The van der Waals surface area contributed by atoms with Gasteiger partial charge >= 0.3 is 0 Å². The first-order valence-electron chi connectivity index (χ1n) is 7.96. The van der Waals surface area contributed by atoms with Crippen LogP contribution in [-0.2, 0) is 4.79 Å². The quantitative estimate of drug-likeness (QED) is 0.830. The summed E-state index contributed by atoms with van der Waals surface area (Å²) in [4.78, 5) is 14.3. The molecule has 1 rings (SSSR count). The minimum Gasteiger partial charge on any atom is -0.341 e. The average Bonchev–Trinajstić information content (AvgIpc) is 2.31. The molecule has 1 aliphatic rings. The van der Waals surface area contributed by atoms with Crippen molar-refractivity contribution in [1.82, 2.24) is 10.2 Å². The van der Waals surface area contributed by atoms with Gasteiger partial charge in [0.25, 0.3) is 0 Å². The zero-order valence-electron chi connectivity index (χ0n) is 13.3. The van der Waals surface area contributed by atoms with Crippen LogP contribution in [0.4, 0.5) is 0 Å². The highest BCUT2D eigenvalue weighted by atomic mass is 16.2. The Morgan fingerprint density at radius 3 is 2.53 bits per heavy atom. The standard InChI is InChI=1S/C16H32N2O/c1-5-11-17-14(16(2,3)4)13-18-12-9-7-6-8-10-15(18)19/h14,17H,5-13H2,1-4H3. The van der Waals surface area contributed by atoms with E-state index in [-0.39, 0.29) is 5.41 Å². The summed E-state index contributed by atoms with van der Waals surface area (Å²) in [6, 6.07) is 0.385. The molecule has 1 aliphatic heterocycles. The van der Waals surface area contributed by atoms with Crippen LogP contribution in [0.1, 0.15) is 66.2 Å². The summed E-state index contributed by atoms with van der Waals surface area (Å²) in [6.45, 7) is 11.8. The van der Waals surface area contributed by atoms with Gasteiger partial charge in [-0.3, -0.25) is 4.79 Å². The average molecular weight is 268 g/mol. The zero-order valence-corrected chi connectivity index (χ0v) is 13.3. The Balaban J connectivity index is 2.61. The van der Waals surface area contributed by atoms with Crippen LogP contribution in [0.25, 0.3) is 0 Å². The molecule has 0 spiro atoms. The second kappa shape index (κ2) is 7.88. The van der Waals surface area contributed by atoms with Crippen LogP contribution in [0.15, 0.2) is 0 Å². The maximum atomic E-state index is 12.2. The van der Waals surface area contributed by atoms with Crippen molar-refractivity contribution >= 4 is 5.91 Å². The van der Waals surface area contributed by atoms with Gasteiger partial charge in [0.1, 0.15) is 0 Å². The second-order valence-electron chi connectivity index (χ2n) is 6.88. The summed E-state index contributed by atoms with van der Waals surface area (Å²) in [6.07, 6.45) is 6.60. The topological polar surface area (TPSA) is 32.3 Å². The van der Waals surface area contributed by atoms with Crippen LogP contribution < -0.4 is 5.32 Å². The predicted octanol–water partition coefficient (Wildman–Crippen LogP) is 3.19. The van der Waals surface area contributed by atoms with Gasteiger partial charge < -0.3 is 10.2 Å². The molecule has 1 amide bonds. The van der Waals surface area contributed by atoms with Crippen molar-refractivity contribution in [3.8, 4) is 0 Å². The van der Waals surface area contributed by atoms with Gasteiger partial charge in [0.15, 0.2) is 0 Å². The number of amides is 1. The van der Waals surface area contributed by atoms with E-state index in [1.165, 1.54) is 12.8 Å². The summed E-state index contributed by atoms with van der Waals surface area (Å²) in [5.74, 6) is 0.354. The number of rotatable bonds is 5. The number of nitrogens with one attached hydrogen (secondary N) is 1. The van der Waals surface area contributed by atoms with Gasteiger partial charge in [-0.1, -0.05) is 40.5 Å². The summed E-state index contributed by atoms with van der Waals surface area (Å²) in [7, 11) is 0. The summed E-state index contributed by atoms with van der Waals surface area (Å²) in [5, 5.41) is 3.62. The van der Waals surface area contributed by atoms with E-state index in [2.05, 4.69) is 37.9 Å². The van der Waals surface area contributed by atoms with Gasteiger partial charge in [0, 0.05) is 25.6 Å². The molecule has 0 aromatic carbocycles. The molecule has 3 nitrogen and oxygen atoms in total. The van der Waals surface area contributed by atoms with Crippen LogP contribution in [0, 0.1) is 5.41 Å². The minimum atomic E-state index is 0.192. The molecule has 1 unspecified atom stereocenters. The Morgan fingerprint density at radius 2 is 1.89 bits per heavy atom. The lowest BCUT2D eigenvalue weighted by Gasteiger charge is -2.37. The van der Waals surface area contributed by atoms with Gasteiger partial charge in [-0.05, 0) is 31.2 Å². The Bertz CT molecular complexity index is 270. The molecular formula is C16H32N2O. The Kier molecular flexibility index (Phi) is 6.84. The van der Waals surface area contributed by atoms with Crippen molar-refractivity contribution in [2.75, 3.05) is 19.6 Å². The molecule has 0 aliphatic carbocycles. The molecule has 3 heteroatoms. The molecule has 1 fully saturated rings. The van der Waals surface area contributed by atoms with E-state index in [1.54, 1.807) is 0 Å². The van der Waals surface area contributed by atoms with Crippen molar-refractivity contribution in [2.24, 2.45) is 5.41 Å². The molecule has 1 heterocycles. The maximum absolute atomic E-state index is 12.2. The fourth-order valence-corrected chi connectivity index (χ4v) is 2.59. The first-order valence-corrected chi connectivity index (χ1v) is 7.96. The zero-order chi connectivity index (χ0) is 14.3. The molecule has 1 N–H and O–H groups in total. The fraction of sp³-hybridized carbons (Fsp3) is 0.938. The van der Waals surface area contributed by atoms with E-state index in [1.807, 2.05) is 0 Å². The van der Waals surface area contributed by atoms with Crippen LogP contribution in [0.5, 0.6) is 0 Å². The lowest BCUT2D eigenvalue weighted by Crippen LogP contribution is -2.50. The second-order valence-corrected chi connectivity index (χ2v) is 6.88. The lowest BCUT2D eigenvalue weighted by molar-refractivity contribution is -0.132. The van der Waals surface area contributed by atoms with Gasteiger partial charge in [0.05, 0.1) is 0 Å². The largest absolute Gasteiger partial charge is 0.341 e. The van der Waals surface area contributed by atoms with E-state index in [9.17, 15) is 4.79 Å². The molecular weight excluding hydrogens is 236 g/mol. The van der Waals surface area contributed by atoms with Crippen molar-refractivity contribution in [3.63, 3.8) is 0 Å². The first kappa shape index (κ1) is 16.5. The molecule has 0 radical (unpaired) electrons. The van der Waals surface area contributed by atoms with Crippen molar-refractivity contribution in [2.45, 2.75) is 72.3 Å². The Morgan fingerprint density at radius 1 is 1.21 bits per heavy atom. The third kappa shape index (κ3) is 5.94. The smallest absolute Gasteiger partial charge is 0.222 e. The molecule has 19 heavy (non-hydrogen) atoms. The van der Waals surface area contributed by atoms with Crippen LogP contribution in [0.2, 0.25) is 0 Å². The van der Waals surface area contributed by atoms with Crippen LogP contribution in [-0.4, -0.2) is 36.5 Å². The lowest BCUT2D eigenvalue weighted by atomic mass is 9.86. The van der Waals surface area contributed by atoms with Gasteiger partial charge in [0.2, 0.25) is 5.91 Å². The number of hydrogen-bond donors (Lipinski definition) is 1. The van der Waals surface area contributed by atoms with E-state index in [0.717, 1.165) is 45.3 Å². The third-order valence-corrected chi connectivity index (χ3v) is 4.01. The Hall–Kier alpha value is -0.570. The van der Waals surface area contributed by atoms with E-state index >= 15 is 0 Å². The first-order chi connectivity index (χ1) is 8.95. The normalized spacial score (nSPS) is 20.0. The van der Waals surface area contributed by atoms with Crippen LogP contribution >= 0.6 is 0 Å². The molecule has 0 aromatic heterocycles. The number of carbonyl (C=O) groups excluding carboxylic acids is 1. The number of hydrogen-bond acceptors (Lipinski definition) is 2. The van der Waals surface area contributed by atoms with Crippen molar-refractivity contribution in [1.29, 1.82) is 0 Å². The molecule has 0 aromatic rings. The minimum absolute atomic E-state index is 0.192. The fourth-order valence-electron chi connectivity index (χ4n) is 2.59. The molecule has 0 saturated carbocycles. The van der Waals surface area contributed by atoms with Gasteiger partial charge in [-0.2, -0.15) is 0 Å². The maximum Gasteiger partial charge on any atom is 0.222 e. The predicted molar refractivity (Wildman–Crippen MR) is 81.2 cm³/mol. The summed E-state index contributed by atoms with van der Waals surface area (Å²) in [5.41, 5.74) is 0.192. The number of likely N-dealkylation sites (tertiary alicyclic amines) is 1. The molecule has 1 saturated heterocycles. The highest BCUT2D eigenvalue weighted by Crippen LogP contribution is 2.21. The highest BCUT2D eigenvalue weighted by Gasteiger charge is 2.28. The van der Waals surface area contributed by atoms with Crippen molar-refractivity contribution in [3.05, 3.63) is 0 Å². The van der Waals surface area contributed by atoms with E-state index < -0.39 is 0 Å². The highest BCUT2D eigenvalue weighted by molar-refractivity contribution is 5.76. The van der Waals surface area contributed by atoms with Gasteiger partial charge in [-0.25, -0.2) is 0 Å². The third-order valence-electron chi connectivity index (χ3n) is 4.01. The Labute approximate surface area is 119 Å². The SMILES string of the molecule is CCCNC(CN1CCCCCCC1=O)C(C)(C)C. The van der Waals surface area contributed by atoms with Crippen molar-refractivity contribution < 1.29 is 4.79 Å². The summed E-state index contributed by atoms with van der Waals surface area (Å²) < 4.78 is 0. The number of carbonyl (C=O) groups is 1. The number of nitrogens with zero attached hydrogens (tertiary/aromatic N) is 1. The summed E-state index contributed by atoms with van der Waals surface area (Å²) >= 11 is 0. The van der Waals surface area contributed by atoms with Gasteiger partial charge in [-0.15, -0.1) is 0 Å². The van der Waals surface area contributed by atoms with E-state index in [0.29, 0.717) is 11.9 Å². The van der Waals surface area contributed by atoms with Crippen LogP contribution in [0.3, 0.4) is 0 Å². The molecule has 1 atom stereocenters. The molecule has 112 valence electrons.